The first-order valence-corrected chi connectivity index (χ1v) is 2.88. The molecule has 8 heavy (non-hydrogen) atoms. The molecular weight excluding hydrogens is 102 g/mol. The lowest BCUT2D eigenvalue weighted by molar-refractivity contribution is 0.554. The van der Waals surface area contributed by atoms with Crippen molar-refractivity contribution in [3.63, 3.8) is 0 Å². The van der Waals surface area contributed by atoms with Crippen LogP contribution in [0.15, 0.2) is 4.99 Å². The molecule has 0 aromatic carbocycles. The Morgan fingerprint density at radius 2 is 2.38 bits per heavy atom. The van der Waals surface area contributed by atoms with Crippen LogP contribution < -0.4 is 0 Å². The molecule has 0 spiro atoms. The lowest BCUT2D eigenvalue weighted by Crippen LogP contribution is -1.94. The maximum absolute atomic E-state index is 9.60. The van der Waals surface area contributed by atoms with E-state index >= 15 is 0 Å². The highest BCUT2D eigenvalue weighted by atomic mass is 16.1. The lowest BCUT2D eigenvalue weighted by atomic mass is 10.2. The van der Waals surface area contributed by atoms with Gasteiger partial charge < -0.3 is 0 Å². The van der Waals surface area contributed by atoms with Crippen LogP contribution in [0.1, 0.15) is 26.7 Å². The third-order valence-electron chi connectivity index (χ3n) is 0.980. The quantitative estimate of drug-likeness (QED) is 0.403. The Hall–Kier alpha value is -0.620. The second-order valence-corrected chi connectivity index (χ2v) is 1.86. The van der Waals surface area contributed by atoms with Crippen molar-refractivity contribution >= 4 is 6.08 Å². The number of hydrogen-bond donors (Lipinski definition) is 0. The molecule has 0 radical (unpaired) electrons. The van der Waals surface area contributed by atoms with Gasteiger partial charge in [-0.05, 0) is 13.3 Å². The van der Waals surface area contributed by atoms with E-state index in [1.54, 1.807) is 0 Å². The van der Waals surface area contributed by atoms with Crippen molar-refractivity contribution in [1.82, 2.24) is 0 Å². The van der Waals surface area contributed by atoms with Gasteiger partial charge in [-0.3, -0.25) is 0 Å². The molecule has 0 aromatic rings. The molecule has 0 unspecified atom stereocenters. The maximum atomic E-state index is 9.60. The van der Waals surface area contributed by atoms with Crippen LogP contribution in [0.3, 0.4) is 0 Å². The summed E-state index contributed by atoms with van der Waals surface area (Å²) >= 11 is 0. The highest BCUT2D eigenvalue weighted by Gasteiger charge is 1.92. The minimum absolute atomic E-state index is 0.164. The van der Waals surface area contributed by atoms with Gasteiger partial charge in [0, 0.05) is 0 Å². The summed E-state index contributed by atoms with van der Waals surface area (Å²) in [6.45, 7) is 3.98. The van der Waals surface area contributed by atoms with E-state index in [0.29, 0.717) is 0 Å². The Kier molecular flexibility index (Phi) is 4.19. The summed E-state index contributed by atoms with van der Waals surface area (Å²) in [4.78, 5) is 13.1. The molecule has 0 fully saturated rings. The molecule has 0 rings (SSSR count). The van der Waals surface area contributed by atoms with Crippen molar-refractivity contribution in [3.05, 3.63) is 0 Å². The van der Waals surface area contributed by atoms with Crippen molar-refractivity contribution in [2.24, 2.45) is 4.99 Å². The Bertz CT molecular complexity index is 94.7. The molecule has 0 saturated heterocycles. The zero-order valence-electron chi connectivity index (χ0n) is 5.35. The van der Waals surface area contributed by atoms with Crippen molar-refractivity contribution in [3.8, 4) is 0 Å². The van der Waals surface area contributed by atoms with E-state index in [1.807, 2.05) is 6.92 Å². The predicted molar refractivity (Wildman–Crippen MR) is 32.5 cm³/mol. The Morgan fingerprint density at radius 1 is 1.75 bits per heavy atom. The molecule has 0 N–H and O–H groups in total. The van der Waals surface area contributed by atoms with Gasteiger partial charge in [0.15, 0.2) is 0 Å². The summed E-state index contributed by atoms with van der Waals surface area (Å²) in [6.07, 6.45) is 3.58. The predicted octanol–water partition coefficient (Wildman–Crippen LogP) is 1.51. The minimum Gasteiger partial charge on any atom is -0.211 e. The van der Waals surface area contributed by atoms with Gasteiger partial charge in [-0.2, -0.15) is 0 Å². The molecule has 0 aromatic heterocycles. The summed E-state index contributed by atoms with van der Waals surface area (Å²) in [5.74, 6) is 0. The molecule has 2 nitrogen and oxygen atoms in total. The third-order valence-corrected chi connectivity index (χ3v) is 0.980. The van der Waals surface area contributed by atoms with E-state index in [-0.39, 0.29) is 6.04 Å². The second-order valence-electron chi connectivity index (χ2n) is 1.86. The molecule has 0 heterocycles. The molecule has 46 valence electrons. The number of carbonyl (C=O) groups excluding carboxylic acids is 1. The molecule has 0 bridgehead atoms. The molecule has 0 saturated carbocycles. The Labute approximate surface area is 49.6 Å². The summed E-state index contributed by atoms with van der Waals surface area (Å²) in [5, 5.41) is 0. The number of rotatable bonds is 3. The molecule has 0 amide bonds. The van der Waals surface area contributed by atoms with Gasteiger partial charge in [0.1, 0.15) is 0 Å². The molecule has 0 aliphatic heterocycles. The van der Waals surface area contributed by atoms with Crippen LogP contribution in [-0.2, 0) is 4.79 Å². The zero-order chi connectivity index (χ0) is 6.41. The number of isocyanates is 1. The average molecular weight is 113 g/mol. The van der Waals surface area contributed by atoms with Gasteiger partial charge >= 0.3 is 0 Å². The molecule has 0 aliphatic carbocycles. The largest absolute Gasteiger partial charge is 0.235 e. The van der Waals surface area contributed by atoms with Gasteiger partial charge in [0.2, 0.25) is 6.08 Å². The van der Waals surface area contributed by atoms with Crippen LogP contribution in [0, 0.1) is 0 Å². The van der Waals surface area contributed by atoms with Crippen molar-refractivity contribution < 1.29 is 4.79 Å². The highest BCUT2D eigenvalue weighted by molar-refractivity contribution is 5.33. The van der Waals surface area contributed by atoms with Gasteiger partial charge in [0.05, 0.1) is 6.04 Å². The van der Waals surface area contributed by atoms with Gasteiger partial charge in [-0.1, -0.05) is 13.3 Å². The van der Waals surface area contributed by atoms with E-state index in [2.05, 4.69) is 11.9 Å². The van der Waals surface area contributed by atoms with Gasteiger partial charge in [-0.25, -0.2) is 9.79 Å². The fraction of sp³-hybridized carbons (Fsp3) is 0.833. The fourth-order valence-electron chi connectivity index (χ4n) is 0.572. The summed E-state index contributed by atoms with van der Waals surface area (Å²) in [5.41, 5.74) is 0. The molecule has 1 atom stereocenters. The topological polar surface area (TPSA) is 29.4 Å². The van der Waals surface area contributed by atoms with Crippen molar-refractivity contribution in [1.29, 1.82) is 0 Å². The molecular formula is C6H11NO. The number of aliphatic imine (C=N–C) groups is 1. The molecule has 0 aliphatic rings. The first-order chi connectivity index (χ1) is 3.81. The zero-order valence-corrected chi connectivity index (χ0v) is 5.35. The van der Waals surface area contributed by atoms with Crippen molar-refractivity contribution in [2.75, 3.05) is 0 Å². The fourth-order valence-corrected chi connectivity index (χ4v) is 0.572. The summed E-state index contributed by atoms with van der Waals surface area (Å²) < 4.78 is 0. The van der Waals surface area contributed by atoms with Crippen LogP contribution in [0.2, 0.25) is 0 Å². The first kappa shape index (κ1) is 7.38. The average Bonchev–Trinajstić information content (AvgIpc) is 1.68. The SMILES string of the molecule is CCC[C@@H](C)N=C=O. The second kappa shape index (κ2) is 4.54. The van der Waals surface area contributed by atoms with Gasteiger partial charge in [-0.15, -0.1) is 0 Å². The van der Waals surface area contributed by atoms with Crippen molar-refractivity contribution in [2.45, 2.75) is 32.7 Å². The van der Waals surface area contributed by atoms with E-state index < -0.39 is 0 Å². The number of hydrogen-bond acceptors (Lipinski definition) is 2. The minimum atomic E-state index is 0.164. The van der Waals surface area contributed by atoms with E-state index in [0.717, 1.165) is 12.8 Å². The first-order valence-electron chi connectivity index (χ1n) is 2.88. The monoisotopic (exact) mass is 113 g/mol. The smallest absolute Gasteiger partial charge is 0.211 e. The maximum Gasteiger partial charge on any atom is 0.235 e. The Balaban J connectivity index is 3.31. The lowest BCUT2D eigenvalue weighted by Gasteiger charge is -1.96. The van der Waals surface area contributed by atoms with Crippen LogP contribution in [0.5, 0.6) is 0 Å². The highest BCUT2D eigenvalue weighted by Crippen LogP contribution is 1.97. The normalized spacial score (nSPS) is 12.2. The summed E-state index contributed by atoms with van der Waals surface area (Å²) in [6, 6.07) is 0.164. The van der Waals surface area contributed by atoms with Gasteiger partial charge in [0.25, 0.3) is 0 Å². The van der Waals surface area contributed by atoms with E-state index in [1.165, 1.54) is 6.08 Å². The Morgan fingerprint density at radius 3 is 2.75 bits per heavy atom. The standard InChI is InChI=1S/C6H11NO/c1-3-4-6(2)7-5-8/h6H,3-4H2,1-2H3/t6-/m1/s1. The summed E-state index contributed by atoms with van der Waals surface area (Å²) in [7, 11) is 0. The third kappa shape index (κ3) is 3.57. The van der Waals surface area contributed by atoms with E-state index in [9.17, 15) is 4.79 Å². The van der Waals surface area contributed by atoms with Crippen LogP contribution >= 0.6 is 0 Å². The van der Waals surface area contributed by atoms with Crippen LogP contribution in [-0.4, -0.2) is 12.1 Å². The molecule has 2 heteroatoms. The van der Waals surface area contributed by atoms with E-state index in [4.69, 9.17) is 0 Å². The van der Waals surface area contributed by atoms with Crippen LogP contribution in [0.25, 0.3) is 0 Å². The number of nitrogens with zero attached hydrogens (tertiary/aromatic N) is 1. The van der Waals surface area contributed by atoms with Crippen LogP contribution in [0.4, 0.5) is 0 Å².